The highest BCUT2D eigenvalue weighted by atomic mass is 35.5. The summed E-state index contributed by atoms with van der Waals surface area (Å²) in [6.07, 6.45) is 0.780. The average Bonchev–Trinajstić information content (AvgIpc) is 2.14. The first kappa shape index (κ1) is 5.79. The van der Waals surface area contributed by atoms with Crippen LogP contribution in [0.2, 0.25) is 4.34 Å². The zero-order chi connectivity index (χ0) is 5.98. The van der Waals surface area contributed by atoms with Crippen LogP contribution in [0.15, 0.2) is 11.4 Å². The van der Waals surface area contributed by atoms with Crippen molar-refractivity contribution in [3.63, 3.8) is 0 Å². The van der Waals surface area contributed by atoms with Crippen molar-refractivity contribution in [1.29, 1.82) is 0 Å². The van der Waals surface area contributed by atoms with E-state index in [9.17, 15) is 4.79 Å². The SMILES string of the molecule is O=Cc1csc(Cl)c1. The minimum absolute atomic E-state index is 0.653. The molecule has 1 rings (SSSR count). The lowest BCUT2D eigenvalue weighted by molar-refractivity contribution is 0.112. The standard InChI is InChI=1S/C5H3ClOS/c6-5-1-4(2-7)3-8-5/h1-3H. The van der Waals surface area contributed by atoms with Gasteiger partial charge in [0.25, 0.3) is 0 Å². The second-order valence-electron chi connectivity index (χ2n) is 1.30. The predicted molar refractivity (Wildman–Crippen MR) is 34.7 cm³/mol. The molecule has 0 saturated heterocycles. The van der Waals surface area contributed by atoms with Crippen molar-refractivity contribution in [2.75, 3.05) is 0 Å². The third-order valence-electron chi connectivity index (χ3n) is 0.724. The van der Waals surface area contributed by atoms with Gasteiger partial charge in [-0.15, -0.1) is 11.3 Å². The van der Waals surface area contributed by atoms with E-state index in [-0.39, 0.29) is 0 Å². The summed E-state index contributed by atoms with van der Waals surface area (Å²) >= 11 is 6.86. The van der Waals surface area contributed by atoms with Gasteiger partial charge in [-0.3, -0.25) is 4.79 Å². The Kier molecular flexibility index (Phi) is 1.65. The number of carbonyl (C=O) groups excluding carboxylic acids is 1. The molecule has 42 valence electrons. The molecule has 0 aliphatic heterocycles. The van der Waals surface area contributed by atoms with E-state index in [1.165, 1.54) is 11.3 Å². The van der Waals surface area contributed by atoms with Gasteiger partial charge < -0.3 is 0 Å². The molecule has 0 fully saturated rings. The second-order valence-corrected chi connectivity index (χ2v) is 2.84. The van der Waals surface area contributed by atoms with Gasteiger partial charge in [-0.05, 0) is 6.07 Å². The second kappa shape index (κ2) is 2.29. The summed E-state index contributed by atoms with van der Waals surface area (Å²) in [6, 6.07) is 1.64. The van der Waals surface area contributed by atoms with Crippen LogP contribution in [0.1, 0.15) is 10.4 Å². The first-order valence-corrected chi connectivity index (χ1v) is 3.28. The highest BCUT2D eigenvalue weighted by Gasteiger charge is 1.91. The van der Waals surface area contributed by atoms with Crippen LogP contribution in [-0.2, 0) is 0 Å². The molecule has 0 radical (unpaired) electrons. The molecule has 0 aromatic carbocycles. The fourth-order valence-electron chi connectivity index (χ4n) is 0.385. The lowest BCUT2D eigenvalue weighted by Crippen LogP contribution is -1.65. The van der Waals surface area contributed by atoms with Gasteiger partial charge in [-0.25, -0.2) is 0 Å². The molecule has 0 N–H and O–H groups in total. The van der Waals surface area contributed by atoms with Crippen LogP contribution in [-0.4, -0.2) is 6.29 Å². The molecule has 0 unspecified atom stereocenters. The Morgan fingerprint density at radius 2 is 2.50 bits per heavy atom. The fraction of sp³-hybridized carbons (Fsp3) is 0. The first-order chi connectivity index (χ1) is 3.83. The normalized spacial score (nSPS) is 9.12. The van der Waals surface area contributed by atoms with Gasteiger partial charge in [-0.1, -0.05) is 11.6 Å². The maximum Gasteiger partial charge on any atom is 0.150 e. The van der Waals surface area contributed by atoms with Crippen molar-refractivity contribution in [3.05, 3.63) is 21.3 Å². The van der Waals surface area contributed by atoms with Crippen molar-refractivity contribution in [2.24, 2.45) is 0 Å². The van der Waals surface area contributed by atoms with Crippen LogP contribution >= 0.6 is 22.9 Å². The molecule has 0 aliphatic rings. The quantitative estimate of drug-likeness (QED) is 0.556. The minimum Gasteiger partial charge on any atom is -0.298 e. The first-order valence-electron chi connectivity index (χ1n) is 2.02. The minimum atomic E-state index is 0.653. The summed E-state index contributed by atoms with van der Waals surface area (Å²) in [5.41, 5.74) is 0.653. The van der Waals surface area contributed by atoms with E-state index in [1.807, 2.05) is 0 Å². The highest BCUT2D eigenvalue weighted by molar-refractivity contribution is 7.14. The number of rotatable bonds is 1. The van der Waals surface area contributed by atoms with Gasteiger partial charge in [0.05, 0.1) is 4.34 Å². The average molecular weight is 147 g/mol. The van der Waals surface area contributed by atoms with Crippen LogP contribution < -0.4 is 0 Å². The highest BCUT2D eigenvalue weighted by Crippen LogP contribution is 2.17. The Labute approximate surface area is 55.9 Å². The molecule has 0 amide bonds. The molecular weight excluding hydrogens is 144 g/mol. The number of aldehydes is 1. The molecule has 3 heteroatoms. The van der Waals surface area contributed by atoms with Gasteiger partial charge in [0.1, 0.15) is 0 Å². The number of halogens is 1. The van der Waals surface area contributed by atoms with Crippen molar-refractivity contribution in [1.82, 2.24) is 0 Å². The van der Waals surface area contributed by atoms with E-state index in [1.54, 1.807) is 11.4 Å². The fourth-order valence-corrected chi connectivity index (χ4v) is 1.22. The largest absolute Gasteiger partial charge is 0.298 e. The lowest BCUT2D eigenvalue weighted by Gasteiger charge is -1.68. The molecule has 8 heavy (non-hydrogen) atoms. The van der Waals surface area contributed by atoms with E-state index in [0.717, 1.165) is 6.29 Å². The maximum atomic E-state index is 9.97. The zero-order valence-corrected chi connectivity index (χ0v) is 5.50. The summed E-state index contributed by atoms with van der Waals surface area (Å²) < 4.78 is 0.659. The monoisotopic (exact) mass is 146 g/mol. The number of hydrogen-bond acceptors (Lipinski definition) is 2. The third-order valence-corrected chi connectivity index (χ3v) is 1.83. The van der Waals surface area contributed by atoms with E-state index in [4.69, 9.17) is 11.6 Å². The van der Waals surface area contributed by atoms with Crippen molar-refractivity contribution in [2.45, 2.75) is 0 Å². The third kappa shape index (κ3) is 1.08. The van der Waals surface area contributed by atoms with E-state index in [2.05, 4.69) is 0 Å². The Morgan fingerprint density at radius 3 is 2.75 bits per heavy atom. The van der Waals surface area contributed by atoms with Crippen LogP contribution in [0.4, 0.5) is 0 Å². The van der Waals surface area contributed by atoms with Crippen LogP contribution in [0, 0.1) is 0 Å². The predicted octanol–water partition coefficient (Wildman–Crippen LogP) is 2.21. The van der Waals surface area contributed by atoms with Crippen LogP contribution in [0.5, 0.6) is 0 Å². The molecular formula is C5H3ClOS. The summed E-state index contributed by atoms with van der Waals surface area (Å²) in [5.74, 6) is 0. The van der Waals surface area contributed by atoms with Crippen molar-refractivity contribution >= 4 is 29.2 Å². The van der Waals surface area contributed by atoms with Crippen LogP contribution in [0.3, 0.4) is 0 Å². The summed E-state index contributed by atoms with van der Waals surface area (Å²) in [4.78, 5) is 9.97. The van der Waals surface area contributed by atoms with Crippen LogP contribution in [0.25, 0.3) is 0 Å². The molecule has 0 atom stereocenters. The van der Waals surface area contributed by atoms with Gasteiger partial charge in [0.2, 0.25) is 0 Å². The Balaban J connectivity index is 3.00. The van der Waals surface area contributed by atoms with Crippen molar-refractivity contribution < 1.29 is 4.79 Å². The van der Waals surface area contributed by atoms with Crippen molar-refractivity contribution in [3.8, 4) is 0 Å². The number of hydrogen-bond donors (Lipinski definition) is 0. The molecule has 0 spiro atoms. The molecule has 1 heterocycles. The molecule has 0 aliphatic carbocycles. The zero-order valence-electron chi connectivity index (χ0n) is 3.93. The summed E-state index contributed by atoms with van der Waals surface area (Å²) in [5, 5.41) is 1.72. The molecule has 1 aromatic rings. The van der Waals surface area contributed by atoms with E-state index < -0.39 is 0 Å². The molecule has 0 saturated carbocycles. The maximum absolute atomic E-state index is 9.97. The molecule has 0 bridgehead atoms. The van der Waals surface area contributed by atoms with E-state index in [0.29, 0.717) is 9.90 Å². The van der Waals surface area contributed by atoms with Gasteiger partial charge >= 0.3 is 0 Å². The number of carbonyl (C=O) groups is 1. The van der Waals surface area contributed by atoms with Gasteiger partial charge in [0.15, 0.2) is 6.29 Å². The van der Waals surface area contributed by atoms with Gasteiger partial charge in [0, 0.05) is 10.9 Å². The van der Waals surface area contributed by atoms with E-state index >= 15 is 0 Å². The lowest BCUT2D eigenvalue weighted by atomic mass is 10.4. The Morgan fingerprint density at radius 1 is 1.75 bits per heavy atom. The Bertz CT molecular complexity index is 194. The summed E-state index contributed by atoms with van der Waals surface area (Å²) in [6.45, 7) is 0. The molecule has 1 nitrogen and oxygen atoms in total. The Hall–Kier alpha value is -0.340. The topological polar surface area (TPSA) is 17.1 Å². The number of thiophene rings is 1. The summed E-state index contributed by atoms with van der Waals surface area (Å²) in [7, 11) is 0. The van der Waals surface area contributed by atoms with Gasteiger partial charge in [-0.2, -0.15) is 0 Å². The smallest absolute Gasteiger partial charge is 0.150 e. The molecule has 1 aromatic heterocycles.